The van der Waals surface area contributed by atoms with Crippen molar-refractivity contribution in [2.75, 3.05) is 19.7 Å². The van der Waals surface area contributed by atoms with Crippen molar-refractivity contribution in [3.63, 3.8) is 0 Å². The minimum Gasteiger partial charge on any atom is -0.395 e. The summed E-state index contributed by atoms with van der Waals surface area (Å²) in [4.78, 5) is 15.9. The first kappa shape index (κ1) is 13.4. The van der Waals surface area contributed by atoms with Crippen LogP contribution in [-0.2, 0) is 0 Å². The number of amides is 1. The molecular formula is C10H11F3N2O2. The summed E-state index contributed by atoms with van der Waals surface area (Å²) in [6, 6.07) is 2.65. The third-order valence-corrected chi connectivity index (χ3v) is 1.95. The maximum Gasteiger partial charge on any atom is 0.406 e. The molecule has 0 aliphatic rings. The van der Waals surface area contributed by atoms with Crippen molar-refractivity contribution in [1.29, 1.82) is 0 Å². The summed E-state index contributed by atoms with van der Waals surface area (Å²) >= 11 is 0. The number of nitrogens with zero attached hydrogens (tertiary/aromatic N) is 2. The Kier molecular flexibility index (Phi) is 4.45. The first-order valence-electron chi connectivity index (χ1n) is 4.81. The maximum absolute atomic E-state index is 12.2. The number of aliphatic hydroxyl groups excluding tert-OH is 1. The first-order valence-corrected chi connectivity index (χ1v) is 4.81. The zero-order valence-electron chi connectivity index (χ0n) is 8.81. The van der Waals surface area contributed by atoms with Crippen molar-refractivity contribution >= 4 is 5.91 Å². The van der Waals surface area contributed by atoms with Gasteiger partial charge in [0.15, 0.2) is 0 Å². The molecule has 0 unspecified atom stereocenters. The van der Waals surface area contributed by atoms with Gasteiger partial charge in [0.05, 0.1) is 6.61 Å². The summed E-state index contributed by atoms with van der Waals surface area (Å²) in [5.74, 6) is -0.779. The number of carbonyl (C=O) groups is 1. The van der Waals surface area contributed by atoms with Crippen LogP contribution in [0.4, 0.5) is 13.2 Å². The fourth-order valence-corrected chi connectivity index (χ4v) is 1.27. The van der Waals surface area contributed by atoms with Crippen LogP contribution in [0, 0.1) is 0 Å². The van der Waals surface area contributed by atoms with Gasteiger partial charge in [-0.25, -0.2) is 0 Å². The largest absolute Gasteiger partial charge is 0.406 e. The third-order valence-electron chi connectivity index (χ3n) is 1.95. The highest BCUT2D eigenvalue weighted by Crippen LogP contribution is 2.17. The van der Waals surface area contributed by atoms with Crippen LogP contribution in [0.2, 0.25) is 0 Å². The van der Waals surface area contributed by atoms with Crippen LogP contribution in [-0.4, -0.2) is 46.8 Å². The van der Waals surface area contributed by atoms with E-state index >= 15 is 0 Å². The molecule has 17 heavy (non-hydrogen) atoms. The van der Waals surface area contributed by atoms with Crippen LogP contribution in [0.15, 0.2) is 24.5 Å². The standard InChI is InChI=1S/C10H11F3N2O2/c11-10(12,13)7-15(5-6-16)9(17)8-1-3-14-4-2-8/h1-4,16H,5-7H2. The summed E-state index contributed by atoms with van der Waals surface area (Å²) in [6.07, 6.45) is -1.85. The maximum atomic E-state index is 12.2. The quantitative estimate of drug-likeness (QED) is 0.867. The number of hydrogen-bond acceptors (Lipinski definition) is 3. The van der Waals surface area contributed by atoms with Gasteiger partial charge >= 0.3 is 6.18 Å². The predicted molar refractivity (Wildman–Crippen MR) is 53.3 cm³/mol. The van der Waals surface area contributed by atoms with Crippen molar-refractivity contribution in [2.45, 2.75) is 6.18 Å². The number of aromatic nitrogens is 1. The lowest BCUT2D eigenvalue weighted by molar-refractivity contribution is -0.141. The molecule has 0 radical (unpaired) electrons. The van der Waals surface area contributed by atoms with Crippen LogP contribution in [0.1, 0.15) is 10.4 Å². The summed E-state index contributed by atoms with van der Waals surface area (Å²) in [6.45, 7) is -2.26. The second-order valence-corrected chi connectivity index (χ2v) is 3.30. The van der Waals surface area contributed by atoms with Gasteiger partial charge in [0.1, 0.15) is 6.54 Å². The topological polar surface area (TPSA) is 53.4 Å². The SMILES string of the molecule is O=C(c1ccncc1)N(CCO)CC(F)(F)F. The smallest absolute Gasteiger partial charge is 0.395 e. The normalized spacial score (nSPS) is 11.3. The number of pyridine rings is 1. The molecule has 1 heterocycles. The van der Waals surface area contributed by atoms with Gasteiger partial charge in [0.25, 0.3) is 5.91 Å². The molecule has 0 fully saturated rings. The summed E-state index contributed by atoms with van der Waals surface area (Å²) in [5, 5.41) is 8.66. The molecule has 0 aromatic carbocycles. The Balaban J connectivity index is 2.81. The Hall–Kier alpha value is -1.63. The van der Waals surface area contributed by atoms with E-state index in [1.165, 1.54) is 24.5 Å². The van der Waals surface area contributed by atoms with E-state index in [0.29, 0.717) is 4.90 Å². The molecule has 1 rings (SSSR count). The van der Waals surface area contributed by atoms with Crippen LogP contribution in [0.5, 0.6) is 0 Å². The highest BCUT2D eigenvalue weighted by atomic mass is 19.4. The van der Waals surface area contributed by atoms with Gasteiger partial charge in [-0.2, -0.15) is 13.2 Å². The highest BCUT2D eigenvalue weighted by molar-refractivity contribution is 5.94. The Bertz CT molecular complexity index is 368. The van der Waals surface area contributed by atoms with Gasteiger partial charge in [0, 0.05) is 24.5 Å². The minimum absolute atomic E-state index is 0.109. The molecule has 4 nitrogen and oxygen atoms in total. The van der Waals surface area contributed by atoms with Gasteiger partial charge < -0.3 is 10.0 Å². The average Bonchev–Trinajstić information content (AvgIpc) is 2.27. The molecule has 0 atom stereocenters. The molecule has 0 aliphatic heterocycles. The Morgan fingerprint density at radius 1 is 1.35 bits per heavy atom. The Morgan fingerprint density at radius 3 is 2.41 bits per heavy atom. The second kappa shape index (κ2) is 5.62. The van der Waals surface area contributed by atoms with E-state index in [2.05, 4.69) is 4.98 Å². The number of alkyl halides is 3. The Labute approximate surface area is 95.7 Å². The molecular weight excluding hydrogens is 237 g/mol. The molecule has 7 heteroatoms. The number of halogens is 3. The predicted octanol–water partition coefficient (Wildman–Crippen LogP) is 1.08. The fourth-order valence-electron chi connectivity index (χ4n) is 1.27. The van der Waals surface area contributed by atoms with E-state index in [4.69, 9.17) is 5.11 Å². The fraction of sp³-hybridized carbons (Fsp3) is 0.400. The van der Waals surface area contributed by atoms with E-state index in [0.717, 1.165) is 0 Å². The molecule has 1 N–H and O–H groups in total. The van der Waals surface area contributed by atoms with Crippen molar-refractivity contribution in [3.05, 3.63) is 30.1 Å². The van der Waals surface area contributed by atoms with Crippen LogP contribution in [0.3, 0.4) is 0 Å². The number of carbonyl (C=O) groups excluding carboxylic acids is 1. The highest BCUT2D eigenvalue weighted by Gasteiger charge is 2.33. The molecule has 94 valence electrons. The molecule has 1 aromatic rings. The summed E-state index contributed by atoms with van der Waals surface area (Å²) in [5.41, 5.74) is 0.109. The van der Waals surface area contributed by atoms with Crippen molar-refractivity contribution in [2.24, 2.45) is 0 Å². The number of aliphatic hydroxyl groups is 1. The van der Waals surface area contributed by atoms with Gasteiger partial charge in [-0.1, -0.05) is 0 Å². The van der Waals surface area contributed by atoms with Gasteiger partial charge in [-0.15, -0.1) is 0 Å². The number of rotatable bonds is 4. The second-order valence-electron chi connectivity index (χ2n) is 3.30. The first-order chi connectivity index (χ1) is 7.94. The van der Waals surface area contributed by atoms with Crippen LogP contribution >= 0.6 is 0 Å². The monoisotopic (exact) mass is 248 g/mol. The summed E-state index contributed by atoms with van der Waals surface area (Å²) < 4.78 is 36.7. The average molecular weight is 248 g/mol. The Morgan fingerprint density at radius 2 is 1.94 bits per heavy atom. The van der Waals surface area contributed by atoms with Crippen molar-refractivity contribution in [1.82, 2.24) is 9.88 Å². The molecule has 0 spiro atoms. The van der Waals surface area contributed by atoms with Gasteiger partial charge in [-0.05, 0) is 12.1 Å². The van der Waals surface area contributed by atoms with Crippen LogP contribution in [0.25, 0.3) is 0 Å². The third kappa shape index (κ3) is 4.39. The van der Waals surface area contributed by atoms with E-state index < -0.39 is 25.2 Å². The van der Waals surface area contributed by atoms with E-state index in [1.807, 2.05) is 0 Å². The zero-order valence-corrected chi connectivity index (χ0v) is 8.81. The number of hydrogen-bond donors (Lipinski definition) is 1. The van der Waals surface area contributed by atoms with Crippen molar-refractivity contribution in [3.8, 4) is 0 Å². The minimum atomic E-state index is -4.49. The van der Waals surface area contributed by atoms with Gasteiger partial charge in [0.2, 0.25) is 0 Å². The van der Waals surface area contributed by atoms with E-state index in [-0.39, 0.29) is 12.1 Å². The molecule has 0 saturated carbocycles. The van der Waals surface area contributed by atoms with E-state index in [1.54, 1.807) is 0 Å². The molecule has 1 aromatic heterocycles. The molecule has 0 saturated heterocycles. The van der Waals surface area contributed by atoms with Crippen molar-refractivity contribution < 1.29 is 23.1 Å². The van der Waals surface area contributed by atoms with Gasteiger partial charge in [-0.3, -0.25) is 9.78 Å². The molecule has 1 amide bonds. The van der Waals surface area contributed by atoms with E-state index in [9.17, 15) is 18.0 Å². The lowest BCUT2D eigenvalue weighted by Crippen LogP contribution is -2.40. The molecule has 0 bridgehead atoms. The lowest BCUT2D eigenvalue weighted by atomic mass is 10.2. The van der Waals surface area contributed by atoms with Crippen LogP contribution < -0.4 is 0 Å². The molecule has 0 aliphatic carbocycles. The summed E-state index contributed by atoms with van der Waals surface area (Å²) in [7, 11) is 0. The zero-order chi connectivity index (χ0) is 12.9. The lowest BCUT2D eigenvalue weighted by Gasteiger charge is -2.22.